The van der Waals surface area contributed by atoms with Gasteiger partial charge in [-0.25, -0.2) is 8.78 Å². The fourth-order valence-corrected chi connectivity index (χ4v) is 4.77. The number of morpholine rings is 1. The van der Waals surface area contributed by atoms with Gasteiger partial charge >= 0.3 is 0 Å². The van der Waals surface area contributed by atoms with E-state index in [4.69, 9.17) is 14.0 Å². The Kier molecular flexibility index (Phi) is 9.46. The predicted octanol–water partition coefficient (Wildman–Crippen LogP) is 4.69. The van der Waals surface area contributed by atoms with Crippen LogP contribution in [0.1, 0.15) is 15.9 Å². The van der Waals surface area contributed by atoms with Crippen LogP contribution in [-0.2, 0) is 14.9 Å². The molecule has 3 heterocycles. The second kappa shape index (κ2) is 13.5. The lowest BCUT2D eigenvalue weighted by Crippen LogP contribution is -2.36. The first kappa shape index (κ1) is 32.3. The number of amides is 1. The van der Waals surface area contributed by atoms with Crippen molar-refractivity contribution in [2.75, 3.05) is 42.8 Å². The second-order valence-electron chi connectivity index (χ2n) is 10.3. The summed E-state index contributed by atoms with van der Waals surface area (Å²) in [7, 11) is -3.67. The number of aromatic nitrogens is 3. The number of hydrogen-bond acceptors (Lipinski definition) is 8. The molecule has 3 N–H and O–H groups in total. The summed E-state index contributed by atoms with van der Waals surface area (Å²) in [5, 5.41) is 10.4. The first-order chi connectivity index (χ1) is 21.9. The normalized spacial score (nSPS) is 13.2. The van der Waals surface area contributed by atoms with E-state index in [1.54, 1.807) is 25.3 Å². The average molecular weight is 654 g/mol. The Morgan fingerprint density at radius 3 is 2.41 bits per heavy atom. The van der Waals surface area contributed by atoms with E-state index in [1.807, 2.05) is 6.07 Å². The molecular weight excluding hydrogens is 624 g/mol. The van der Waals surface area contributed by atoms with Crippen molar-refractivity contribution in [2.24, 2.45) is 0 Å². The number of benzene rings is 3. The highest BCUT2D eigenvalue weighted by Gasteiger charge is 2.21. The Bertz CT molecular complexity index is 2050. The quantitative estimate of drug-likeness (QED) is 0.222. The van der Waals surface area contributed by atoms with Gasteiger partial charge in [-0.1, -0.05) is 0 Å². The summed E-state index contributed by atoms with van der Waals surface area (Å²) in [5.74, 6) is -1.41. The molecule has 0 saturated carbocycles. The molecule has 1 aliphatic heterocycles. The topological polar surface area (TPSA) is 156 Å². The number of hydrogen-bond donors (Lipinski definition) is 3. The summed E-state index contributed by atoms with van der Waals surface area (Å²) in [5.41, 5.74) is 1.90. The molecule has 0 atom stereocenters. The summed E-state index contributed by atoms with van der Waals surface area (Å²) in [6.07, 6.45) is 3.89. The van der Waals surface area contributed by atoms with Gasteiger partial charge in [0.05, 0.1) is 36.9 Å². The van der Waals surface area contributed by atoms with Crippen LogP contribution in [0, 0.1) is 18.6 Å². The maximum absolute atomic E-state index is 15.3. The van der Waals surface area contributed by atoms with Crippen LogP contribution < -0.4 is 20.5 Å². The van der Waals surface area contributed by atoms with Crippen LogP contribution in [-0.4, -0.2) is 66.2 Å². The van der Waals surface area contributed by atoms with Crippen LogP contribution in [0.5, 0.6) is 11.5 Å². The zero-order chi connectivity index (χ0) is 33.0. The van der Waals surface area contributed by atoms with Gasteiger partial charge in [-0.2, -0.15) is 13.5 Å². The van der Waals surface area contributed by atoms with Gasteiger partial charge in [-0.05, 0) is 67.1 Å². The average Bonchev–Trinajstić information content (AvgIpc) is 3.46. The van der Waals surface area contributed by atoms with Gasteiger partial charge in [-0.15, -0.1) is 0 Å². The molecule has 240 valence electrons. The summed E-state index contributed by atoms with van der Waals surface area (Å²) in [4.78, 5) is 28.4. The Balaban J connectivity index is 0.000000775. The molecule has 1 amide bonds. The molecule has 46 heavy (non-hydrogen) atoms. The molecule has 1 aliphatic rings. The predicted molar refractivity (Wildman–Crippen MR) is 168 cm³/mol. The maximum Gasteiger partial charge on any atom is 0.268 e. The zero-order valence-electron chi connectivity index (χ0n) is 24.7. The van der Waals surface area contributed by atoms with Gasteiger partial charge in [0.15, 0.2) is 17.3 Å². The number of fused-ring (bicyclic) bond motifs is 1. The minimum absolute atomic E-state index is 0.0325. The van der Waals surface area contributed by atoms with E-state index in [2.05, 4.69) is 20.4 Å². The van der Waals surface area contributed by atoms with Crippen LogP contribution >= 0.6 is 0 Å². The van der Waals surface area contributed by atoms with E-state index in [-0.39, 0.29) is 17.0 Å². The van der Waals surface area contributed by atoms with Crippen LogP contribution in [0.15, 0.2) is 77.9 Å². The third-order valence-corrected chi connectivity index (χ3v) is 6.91. The number of nitrogens with one attached hydrogen (secondary N) is 2. The number of aryl methyl sites for hydroxylation is 1. The molecule has 3 aromatic carbocycles. The van der Waals surface area contributed by atoms with Crippen LogP contribution in [0.2, 0.25) is 0 Å². The fraction of sp³-hybridized carbons (Fsp3) is 0.194. The number of ether oxygens (including phenoxy) is 2. The van der Waals surface area contributed by atoms with E-state index < -0.39 is 33.2 Å². The van der Waals surface area contributed by atoms with E-state index in [9.17, 15) is 22.4 Å². The lowest BCUT2D eigenvalue weighted by Gasteiger charge is -2.30. The van der Waals surface area contributed by atoms with Gasteiger partial charge in [0.1, 0.15) is 11.4 Å². The third-order valence-electron chi connectivity index (χ3n) is 6.91. The molecule has 6 rings (SSSR count). The second-order valence-corrected chi connectivity index (χ2v) is 11.8. The van der Waals surface area contributed by atoms with E-state index in [0.717, 1.165) is 22.7 Å². The summed E-state index contributed by atoms with van der Waals surface area (Å²) < 4.78 is 67.2. The number of carbonyl (C=O) groups is 1. The molecule has 0 spiro atoms. The van der Waals surface area contributed by atoms with Crippen molar-refractivity contribution < 1.29 is 36.0 Å². The summed E-state index contributed by atoms with van der Waals surface area (Å²) >= 11 is 0. The van der Waals surface area contributed by atoms with Crippen LogP contribution in [0.25, 0.3) is 16.6 Å². The van der Waals surface area contributed by atoms with Crippen LogP contribution in [0.3, 0.4) is 0 Å². The van der Waals surface area contributed by atoms with Gasteiger partial charge in [-0.3, -0.25) is 23.8 Å². The molecule has 1 fully saturated rings. The van der Waals surface area contributed by atoms with Crippen LogP contribution in [0.4, 0.5) is 20.2 Å². The van der Waals surface area contributed by atoms with Gasteiger partial charge < -0.3 is 19.7 Å². The highest BCUT2D eigenvalue weighted by Crippen LogP contribution is 2.37. The number of aromatic amines is 1. The Labute approximate surface area is 261 Å². The van der Waals surface area contributed by atoms with Crippen molar-refractivity contribution in [1.29, 1.82) is 0 Å². The lowest BCUT2D eigenvalue weighted by atomic mass is 10.1. The number of nitrogens with zero attached hydrogens (tertiary/aromatic N) is 3. The van der Waals surface area contributed by atoms with Crippen molar-refractivity contribution in [2.45, 2.75) is 6.92 Å². The summed E-state index contributed by atoms with van der Waals surface area (Å²) in [6, 6.07) is 14.7. The number of pyridine rings is 1. The van der Waals surface area contributed by atoms with E-state index in [1.165, 1.54) is 47.2 Å². The highest BCUT2D eigenvalue weighted by atomic mass is 32.2. The summed E-state index contributed by atoms with van der Waals surface area (Å²) in [6.45, 7) is 4.08. The molecular formula is C31H29F2N5O7S. The molecule has 1 saturated heterocycles. The van der Waals surface area contributed by atoms with Crippen molar-refractivity contribution >= 4 is 38.3 Å². The lowest BCUT2D eigenvalue weighted by molar-refractivity contribution is 0.102. The van der Waals surface area contributed by atoms with Gasteiger partial charge in [0.25, 0.3) is 21.6 Å². The van der Waals surface area contributed by atoms with Gasteiger partial charge in [0, 0.05) is 42.1 Å². The van der Waals surface area contributed by atoms with Crippen molar-refractivity contribution in [3.8, 4) is 17.2 Å². The molecule has 0 radical (unpaired) electrons. The molecule has 0 aliphatic carbocycles. The first-order valence-corrected chi connectivity index (χ1v) is 15.7. The monoisotopic (exact) mass is 653 g/mol. The smallest absolute Gasteiger partial charge is 0.268 e. The molecule has 12 nitrogen and oxygen atoms in total. The molecule has 5 aromatic rings. The minimum Gasteiger partial charge on any atom is -0.452 e. The number of H-pyrrole nitrogens is 1. The Morgan fingerprint density at radius 1 is 1.04 bits per heavy atom. The van der Waals surface area contributed by atoms with Gasteiger partial charge in [0.2, 0.25) is 0 Å². The minimum atomic E-state index is -3.67. The van der Waals surface area contributed by atoms with Crippen molar-refractivity contribution in [3.05, 3.63) is 106 Å². The SMILES string of the molecule is CS(=O)(=O)O.Cc1ccn(-c2ccc(F)cc2)c(=O)c1C(=O)Nc1ccc(Oc2cc3cn[nH]c3cc2N2CCOCC2)c(F)c1. The molecule has 15 heteroatoms. The largest absolute Gasteiger partial charge is 0.452 e. The molecule has 2 aromatic heterocycles. The van der Waals surface area contributed by atoms with Crippen molar-refractivity contribution in [1.82, 2.24) is 14.8 Å². The number of anilines is 2. The Morgan fingerprint density at radius 2 is 1.74 bits per heavy atom. The van der Waals surface area contributed by atoms with E-state index >= 15 is 4.39 Å². The standard InChI is InChI=1S/C30H25F2N5O4.CH4O3S/c1-18-8-9-37(22-5-2-20(31)3-6-22)30(39)28(18)29(38)34-21-4-7-26(23(32)15-21)41-27-14-19-17-33-35-24(19)16-25(27)36-10-12-40-13-11-36;1-5(2,3)4/h2-9,14-17H,10-13H2,1H3,(H,33,35)(H,34,38);1H3,(H,2,3,4). The highest BCUT2D eigenvalue weighted by molar-refractivity contribution is 7.85. The fourth-order valence-electron chi connectivity index (χ4n) is 4.77. The van der Waals surface area contributed by atoms with E-state index in [0.29, 0.717) is 49.6 Å². The number of carbonyl (C=O) groups excluding carboxylic acids is 1. The molecule has 0 unspecified atom stereocenters. The molecule has 0 bridgehead atoms. The first-order valence-electron chi connectivity index (χ1n) is 13.9. The number of halogens is 2. The third kappa shape index (κ3) is 7.74. The Hall–Kier alpha value is -5.12. The number of rotatable bonds is 6. The maximum atomic E-state index is 15.3. The van der Waals surface area contributed by atoms with Crippen molar-refractivity contribution in [3.63, 3.8) is 0 Å². The zero-order valence-corrected chi connectivity index (χ0v) is 25.5.